The second kappa shape index (κ2) is 7.70. The van der Waals surface area contributed by atoms with E-state index in [1.807, 2.05) is 48.5 Å². The fourth-order valence-electron chi connectivity index (χ4n) is 2.03. The maximum atomic E-state index is 7.15. The first-order chi connectivity index (χ1) is 10.2. The molecule has 0 saturated heterocycles. The zero-order valence-corrected chi connectivity index (χ0v) is 12.6. The largest absolute Gasteiger partial charge is 0.492 e. The van der Waals surface area contributed by atoms with Crippen molar-refractivity contribution >= 4 is 17.4 Å². The van der Waals surface area contributed by atoms with Crippen LogP contribution in [-0.2, 0) is 0 Å². The molecule has 0 aliphatic rings. The highest BCUT2D eigenvalue weighted by atomic mass is 35.5. The molecule has 2 aromatic rings. The third-order valence-electron chi connectivity index (χ3n) is 3.14. The van der Waals surface area contributed by atoms with Crippen LogP contribution in [0.3, 0.4) is 0 Å². The summed E-state index contributed by atoms with van der Waals surface area (Å²) >= 11 is 6.26. The first-order valence-corrected chi connectivity index (χ1v) is 7.35. The van der Waals surface area contributed by atoms with Gasteiger partial charge in [-0.15, -0.1) is 0 Å². The van der Waals surface area contributed by atoms with E-state index < -0.39 is 0 Å². The lowest BCUT2D eigenvalue weighted by molar-refractivity contribution is 0.308. The molecule has 3 N–H and O–H groups in total. The van der Waals surface area contributed by atoms with Gasteiger partial charge in [0.25, 0.3) is 0 Å². The summed E-state index contributed by atoms with van der Waals surface area (Å²) in [5.41, 5.74) is 7.51. The number of unbranched alkanes of at least 4 members (excludes halogenated alkanes) is 1. The van der Waals surface area contributed by atoms with Crippen LogP contribution in [0.1, 0.15) is 19.3 Å². The van der Waals surface area contributed by atoms with Gasteiger partial charge in [-0.25, -0.2) is 0 Å². The number of nitrogens with one attached hydrogen (secondary N) is 1. The molecular formula is C17H19ClN2O. The average Bonchev–Trinajstić information content (AvgIpc) is 2.49. The van der Waals surface area contributed by atoms with Gasteiger partial charge in [0.05, 0.1) is 17.5 Å². The fraction of sp³-hybridized carbons (Fsp3) is 0.235. The Morgan fingerprint density at radius 2 is 1.81 bits per heavy atom. The Bertz CT molecular complexity index is 599. The Morgan fingerprint density at radius 3 is 2.48 bits per heavy atom. The molecule has 0 bridgehead atoms. The predicted molar refractivity (Wildman–Crippen MR) is 88.1 cm³/mol. The molecule has 4 heteroatoms. The molecule has 2 rings (SSSR count). The van der Waals surface area contributed by atoms with Crippen LogP contribution in [0.4, 0.5) is 0 Å². The highest BCUT2D eigenvalue weighted by Gasteiger charge is 2.04. The third-order valence-corrected chi connectivity index (χ3v) is 3.43. The van der Waals surface area contributed by atoms with Gasteiger partial charge in [0.2, 0.25) is 0 Å². The van der Waals surface area contributed by atoms with Crippen molar-refractivity contribution in [1.29, 1.82) is 5.41 Å². The van der Waals surface area contributed by atoms with E-state index >= 15 is 0 Å². The quantitative estimate of drug-likeness (QED) is 0.449. The summed E-state index contributed by atoms with van der Waals surface area (Å²) in [7, 11) is 0. The zero-order valence-electron chi connectivity index (χ0n) is 11.8. The van der Waals surface area contributed by atoms with Gasteiger partial charge in [0.1, 0.15) is 5.75 Å². The second-order valence-electron chi connectivity index (χ2n) is 4.84. The Balaban J connectivity index is 1.92. The summed E-state index contributed by atoms with van der Waals surface area (Å²) in [6.07, 6.45) is 2.33. The first-order valence-electron chi connectivity index (χ1n) is 6.97. The normalized spacial score (nSPS) is 10.3. The van der Waals surface area contributed by atoms with E-state index in [1.165, 1.54) is 0 Å². The minimum atomic E-state index is 0.222. The van der Waals surface area contributed by atoms with E-state index in [-0.39, 0.29) is 5.84 Å². The minimum Gasteiger partial charge on any atom is -0.492 e. The molecule has 0 radical (unpaired) electrons. The van der Waals surface area contributed by atoms with Gasteiger partial charge in [-0.1, -0.05) is 48.0 Å². The Kier molecular flexibility index (Phi) is 5.64. The lowest BCUT2D eigenvalue weighted by atomic mass is 10.1. The highest BCUT2D eigenvalue weighted by molar-refractivity contribution is 6.32. The van der Waals surface area contributed by atoms with Crippen LogP contribution >= 0.6 is 11.6 Å². The molecule has 0 fully saturated rings. The molecule has 0 unspecified atom stereocenters. The summed E-state index contributed by atoms with van der Waals surface area (Å²) in [4.78, 5) is 0. The Hall–Kier alpha value is -2.00. The van der Waals surface area contributed by atoms with E-state index in [0.29, 0.717) is 23.8 Å². The number of rotatable bonds is 7. The molecule has 0 aliphatic heterocycles. The summed E-state index contributed by atoms with van der Waals surface area (Å²) in [5.74, 6) is 0.916. The highest BCUT2D eigenvalue weighted by Crippen LogP contribution is 2.30. The van der Waals surface area contributed by atoms with E-state index in [9.17, 15) is 0 Å². The minimum absolute atomic E-state index is 0.222. The third kappa shape index (κ3) is 4.80. The molecule has 0 atom stereocenters. The Labute approximate surface area is 130 Å². The number of halogens is 1. The van der Waals surface area contributed by atoms with Crippen LogP contribution in [0.25, 0.3) is 11.1 Å². The predicted octanol–water partition coefficient (Wildman–Crippen LogP) is 4.49. The van der Waals surface area contributed by atoms with Gasteiger partial charge in [0, 0.05) is 6.42 Å². The van der Waals surface area contributed by atoms with E-state index in [2.05, 4.69) is 0 Å². The van der Waals surface area contributed by atoms with Gasteiger partial charge in [-0.2, -0.15) is 0 Å². The van der Waals surface area contributed by atoms with E-state index in [1.54, 1.807) is 0 Å². The number of amidine groups is 1. The van der Waals surface area contributed by atoms with Crippen molar-refractivity contribution in [3.05, 3.63) is 53.6 Å². The number of ether oxygens (including phenoxy) is 1. The van der Waals surface area contributed by atoms with Crippen molar-refractivity contribution in [1.82, 2.24) is 0 Å². The molecule has 3 nitrogen and oxygen atoms in total. The number of benzene rings is 2. The van der Waals surface area contributed by atoms with Gasteiger partial charge in [-0.3, -0.25) is 5.41 Å². The summed E-state index contributed by atoms with van der Waals surface area (Å²) in [6, 6.07) is 15.9. The zero-order chi connectivity index (χ0) is 15.1. The van der Waals surface area contributed by atoms with E-state index in [4.69, 9.17) is 27.5 Å². The van der Waals surface area contributed by atoms with Crippen LogP contribution in [0, 0.1) is 5.41 Å². The molecule has 0 saturated carbocycles. The van der Waals surface area contributed by atoms with E-state index in [0.717, 1.165) is 24.0 Å². The first kappa shape index (κ1) is 15.4. The van der Waals surface area contributed by atoms with Crippen molar-refractivity contribution in [3.8, 4) is 16.9 Å². The standard InChI is InChI=1S/C17H19ClN2O/c18-15-12-14(13-6-2-1-3-7-13)9-10-16(15)21-11-5-4-8-17(19)20/h1-3,6-7,9-10,12H,4-5,8,11H2,(H3,19,20). The molecule has 21 heavy (non-hydrogen) atoms. The van der Waals surface area contributed by atoms with Gasteiger partial charge < -0.3 is 10.5 Å². The van der Waals surface area contributed by atoms with Crippen molar-refractivity contribution in [2.75, 3.05) is 6.61 Å². The molecule has 0 aromatic heterocycles. The van der Waals surface area contributed by atoms with Crippen LogP contribution in [-0.4, -0.2) is 12.4 Å². The number of hydrogen-bond donors (Lipinski definition) is 2. The maximum absolute atomic E-state index is 7.15. The molecule has 0 heterocycles. The van der Waals surface area contributed by atoms with Crippen molar-refractivity contribution in [3.63, 3.8) is 0 Å². The molecule has 110 valence electrons. The van der Waals surface area contributed by atoms with Crippen LogP contribution in [0.15, 0.2) is 48.5 Å². The monoisotopic (exact) mass is 302 g/mol. The van der Waals surface area contributed by atoms with Crippen molar-refractivity contribution < 1.29 is 4.74 Å². The molecule has 2 aromatic carbocycles. The average molecular weight is 303 g/mol. The lowest BCUT2D eigenvalue weighted by Crippen LogP contribution is -2.09. The SMILES string of the molecule is N=C(N)CCCCOc1ccc(-c2ccccc2)cc1Cl. The summed E-state index contributed by atoms with van der Waals surface area (Å²) < 4.78 is 5.67. The van der Waals surface area contributed by atoms with Crippen molar-refractivity contribution in [2.24, 2.45) is 5.73 Å². The number of hydrogen-bond acceptors (Lipinski definition) is 2. The van der Waals surface area contributed by atoms with Gasteiger partial charge >= 0.3 is 0 Å². The topological polar surface area (TPSA) is 59.1 Å². The summed E-state index contributed by atoms with van der Waals surface area (Å²) in [6.45, 7) is 0.581. The maximum Gasteiger partial charge on any atom is 0.137 e. The Morgan fingerprint density at radius 1 is 1.05 bits per heavy atom. The molecular weight excluding hydrogens is 284 g/mol. The fourth-order valence-corrected chi connectivity index (χ4v) is 2.26. The van der Waals surface area contributed by atoms with Gasteiger partial charge in [-0.05, 0) is 36.1 Å². The second-order valence-corrected chi connectivity index (χ2v) is 5.25. The number of nitrogens with two attached hydrogens (primary N) is 1. The lowest BCUT2D eigenvalue weighted by Gasteiger charge is -2.09. The van der Waals surface area contributed by atoms with Crippen LogP contribution in [0.5, 0.6) is 5.75 Å². The van der Waals surface area contributed by atoms with Crippen molar-refractivity contribution in [2.45, 2.75) is 19.3 Å². The van der Waals surface area contributed by atoms with Crippen LogP contribution in [0.2, 0.25) is 5.02 Å². The molecule has 0 aliphatic carbocycles. The smallest absolute Gasteiger partial charge is 0.137 e. The van der Waals surface area contributed by atoms with Gasteiger partial charge in [0.15, 0.2) is 0 Å². The molecule has 0 spiro atoms. The summed E-state index contributed by atoms with van der Waals surface area (Å²) in [5, 5.41) is 7.76. The molecule has 0 amide bonds. The van der Waals surface area contributed by atoms with Crippen LogP contribution < -0.4 is 10.5 Å².